The van der Waals surface area contributed by atoms with Gasteiger partial charge < -0.3 is 14.8 Å². The van der Waals surface area contributed by atoms with Gasteiger partial charge in [-0.2, -0.15) is 0 Å². The lowest BCUT2D eigenvalue weighted by Gasteiger charge is -2.39. The van der Waals surface area contributed by atoms with Crippen molar-refractivity contribution in [2.45, 2.75) is 13.0 Å². The van der Waals surface area contributed by atoms with Crippen LogP contribution in [0.5, 0.6) is 5.75 Å². The number of hydrogen-bond acceptors (Lipinski definition) is 4. The van der Waals surface area contributed by atoms with Gasteiger partial charge in [0, 0.05) is 0 Å². The molecule has 6 heteroatoms. The first-order valence-corrected chi connectivity index (χ1v) is 6.43. The second-order valence-corrected chi connectivity index (χ2v) is 5.27. The van der Waals surface area contributed by atoms with Crippen LogP contribution in [0.25, 0.3) is 0 Å². The average molecular weight is 276 g/mol. The summed E-state index contributed by atoms with van der Waals surface area (Å²) in [6.45, 7) is 2.52. The highest BCUT2D eigenvalue weighted by atomic mass is 16.5. The SMILES string of the molecule is COc1ccc(N2C(=O)NC3COCC3(C)C2=O)cc1. The Morgan fingerprint density at radius 2 is 2.05 bits per heavy atom. The molecule has 1 aromatic rings. The smallest absolute Gasteiger partial charge is 0.329 e. The van der Waals surface area contributed by atoms with E-state index >= 15 is 0 Å². The summed E-state index contributed by atoms with van der Waals surface area (Å²) in [5, 5.41) is 2.84. The van der Waals surface area contributed by atoms with Crippen molar-refractivity contribution in [3.05, 3.63) is 24.3 Å². The van der Waals surface area contributed by atoms with E-state index < -0.39 is 11.4 Å². The Morgan fingerprint density at radius 1 is 1.35 bits per heavy atom. The van der Waals surface area contributed by atoms with E-state index in [1.54, 1.807) is 31.4 Å². The van der Waals surface area contributed by atoms with Gasteiger partial charge in [0.2, 0.25) is 5.91 Å². The van der Waals surface area contributed by atoms with Crippen LogP contribution in [0.2, 0.25) is 0 Å². The molecule has 106 valence electrons. The molecule has 2 fully saturated rings. The largest absolute Gasteiger partial charge is 0.497 e. The van der Waals surface area contributed by atoms with Gasteiger partial charge in [-0.25, -0.2) is 9.69 Å². The molecule has 2 aliphatic rings. The summed E-state index contributed by atoms with van der Waals surface area (Å²) in [7, 11) is 1.56. The number of anilines is 1. The van der Waals surface area contributed by atoms with E-state index in [1.165, 1.54) is 4.90 Å². The number of fused-ring (bicyclic) bond motifs is 1. The molecular weight excluding hydrogens is 260 g/mol. The van der Waals surface area contributed by atoms with Crippen LogP contribution in [-0.2, 0) is 9.53 Å². The maximum atomic E-state index is 12.6. The lowest BCUT2D eigenvalue weighted by Crippen LogP contribution is -2.64. The van der Waals surface area contributed by atoms with Crippen molar-refractivity contribution >= 4 is 17.6 Å². The van der Waals surface area contributed by atoms with Crippen LogP contribution < -0.4 is 15.0 Å². The van der Waals surface area contributed by atoms with Crippen LogP contribution in [0.4, 0.5) is 10.5 Å². The third kappa shape index (κ3) is 1.76. The number of urea groups is 1. The topological polar surface area (TPSA) is 67.9 Å². The number of benzene rings is 1. The van der Waals surface area contributed by atoms with Crippen molar-refractivity contribution in [1.82, 2.24) is 5.32 Å². The zero-order valence-corrected chi connectivity index (χ0v) is 11.4. The summed E-state index contributed by atoms with van der Waals surface area (Å²) in [6, 6.07) is 6.15. The Balaban J connectivity index is 1.95. The minimum absolute atomic E-state index is 0.228. The van der Waals surface area contributed by atoms with Gasteiger partial charge in [-0.05, 0) is 31.2 Å². The Bertz CT molecular complexity index is 557. The van der Waals surface area contributed by atoms with Gasteiger partial charge in [0.15, 0.2) is 0 Å². The van der Waals surface area contributed by atoms with E-state index in [1.807, 2.05) is 6.92 Å². The third-order valence-corrected chi connectivity index (χ3v) is 3.98. The molecule has 2 aliphatic heterocycles. The predicted octanol–water partition coefficient (Wildman–Crippen LogP) is 1.16. The molecule has 0 aliphatic carbocycles. The molecular formula is C14H16N2O4. The molecule has 0 saturated carbocycles. The number of ether oxygens (including phenoxy) is 2. The highest BCUT2D eigenvalue weighted by Crippen LogP contribution is 2.36. The van der Waals surface area contributed by atoms with Gasteiger partial charge in [0.25, 0.3) is 0 Å². The first kappa shape index (κ1) is 12.9. The molecule has 2 atom stereocenters. The van der Waals surface area contributed by atoms with Gasteiger partial charge in [-0.3, -0.25) is 4.79 Å². The summed E-state index contributed by atoms with van der Waals surface area (Å²) < 4.78 is 10.4. The van der Waals surface area contributed by atoms with Crippen LogP contribution in [0, 0.1) is 5.41 Å². The van der Waals surface area contributed by atoms with Gasteiger partial charge in [0.05, 0.1) is 37.5 Å². The fraction of sp³-hybridized carbons (Fsp3) is 0.429. The van der Waals surface area contributed by atoms with E-state index in [9.17, 15) is 9.59 Å². The zero-order chi connectivity index (χ0) is 14.3. The van der Waals surface area contributed by atoms with Crippen LogP contribution in [0.3, 0.4) is 0 Å². The highest BCUT2D eigenvalue weighted by molar-refractivity contribution is 6.18. The standard InChI is InChI=1S/C14H16N2O4/c1-14-8-20-7-11(14)15-13(18)16(12(14)17)9-3-5-10(19-2)6-4-9/h3-6,11H,7-8H2,1-2H3,(H,15,18). The maximum Gasteiger partial charge on any atom is 0.329 e. The van der Waals surface area contributed by atoms with Gasteiger partial charge in [0.1, 0.15) is 5.75 Å². The van der Waals surface area contributed by atoms with Crippen molar-refractivity contribution in [2.75, 3.05) is 25.2 Å². The minimum Gasteiger partial charge on any atom is -0.497 e. The molecule has 0 bridgehead atoms. The van der Waals surface area contributed by atoms with Crippen molar-refractivity contribution in [2.24, 2.45) is 5.41 Å². The summed E-state index contributed by atoms with van der Waals surface area (Å²) in [4.78, 5) is 26.0. The Morgan fingerprint density at radius 3 is 2.70 bits per heavy atom. The molecule has 2 saturated heterocycles. The number of nitrogens with one attached hydrogen (secondary N) is 1. The van der Waals surface area contributed by atoms with Crippen LogP contribution in [-0.4, -0.2) is 38.3 Å². The summed E-state index contributed by atoms with van der Waals surface area (Å²) in [5.74, 6) is 0.445. The van der Waals surface area contributed by atoms with E-state index in [4.69, 9.17) is 9.47 Å². The second-order valence-electron chi connectivity index (χ2n) is 5.27. The van der Waals surface area contributed by atoms with E-state index in [-0.39, 0.29) is 11.9 Å². The molecule has 0 aromatic heterocycles. The minimum atomic E-state index is -0.701. The maximum absolute atomic E-state index is 12.6. The lowest BCUT2D eigenvalue weighted by molar-refractivity contribution is -0.128. The number of hydrogen-bond donors (Lipinski definition) is 1. The summed E-state index contributed by atoms with van der Waals surface area (Å²) >= 11 is 0. The molecule has 1 N–H and O–H groups in total. The number of carbonyl (C=O) groups excluding carboxylic acids is 2. The Kier molecular flexibility index (Phi) is 2.90. The summed E-state index contributed by atoms with van der Waals surface area (Å²) in [6.07, 6.45) is 0. The zero-order valence-electron chi connectivity index (χ0n) is 11.4. The number of imide groups is 1. The predicted molar refractivity (Wildman–Crippen MR) is 71.7 cm³/mol. The monoisotopic (exact) mass is 276 g/mol. The number of methoxy groups -OCH3 is 1. The number of rotatable bonds is 2. The number of carbonyl (C=O) groups is 2. The molecule has 0 spiro atoms. The molecule has 20 heavy (non-hydrogen) atoms. The third-order valence-electron chi connectivity index (χ3n) is 3.98. The van der Waals surface area contributed by atoms with E-state index in [0.29, 0.717) is 24.7 Å². The quantitative estimate of drug-likeness (QED) is 0.880. The van der Waals surface area contributed by atoms with Crippen molar-refractivity contribution in [3.63, 3.8) is 0 Å². The Hall–Kier alpha value is -2.08. The van der Waals surface area contributed by atoms with Gasteiger partial charge >= 0.3 is 6.03 Å². The molecule has 3 amide bonds. The molecule has 2 heterocycles. The van der Waals surface area contributed by atoms with Crippen molar-refractivity contribution < 1.29 is 19.1 Å². The normalized spacial score (nSPS) is 29.1. The van der Waals surface area contributed by atoms with E-state index in [0.717, 1.165) is 0 Å². The molecule has 1 aromatic carbocycles. The summed E-state index contributed by atoms with van der Waals surface area (Å²) in [5.41, 5.74) is -0.173. The fourth-order valence-electron chi connectivity index (χ4n) is 2.61. The lowest BCUT2D eigenvalue weighted by atomic mass is 9.82. The number of amides is 3. The van der Waals surface area contributed by atoms with Crippen LogP contribution >= 0.6 is 0 Å². The number of nitrogens with zero attached hydrogens (tertiary/aromatic N) is 1. The average Bonchev–Trinajstić information content (AvgIpc) is 2.82. The van der Waals surface area contributed by atoms with Crippen molar-refractivity contribution in [3.8, 4) is 5.75 Å². The van der Waals surface area contributed by atoms with Gasteiger partial charge in [-0.15, -0.1) is 0 Å². The van der Waals surface area contributed by atoms with Gasteiger partial charge in [-0.1, -0.05) is 0 Å². The van der Waals surface area contributed by atoms with Crippen LogP contribution in [0.15, 0.2) is 24.3 Å². The highest BCUT2D eigenvalue weighted by Gasteiger charge is 2.54. The van der Waals surface area contributed by atoms with E-state index in [2.05, 4.69) is 5.32 Å². The molecule has 6 nitrogen and oxygen atoms in total. The second kappa shape index (κ2) is 4.49. The van der Waals surface area contributed by atoms with Crippen molar-refractivity contribution in [1.29, 1.82) is 0 Å². The fourth-order valence-corrected chi connectivity index (χ4v) is 2.61. The first-order valence-electron chi connectivity index (χ1n) is 6.43. The molecule has 0 radical (unpaired) electrons. The molecule has 2 unspecified atom stereocenters. The Labute approximate surface area is 116 Å². The molecule has 3 rings (SSSR count). The first-order chi connectivity index (χ1) is 9.56. The van der Waals surface area contributed by atoms with Crippen LogP contribution in [0.1, 0.15) is 6.92 Å².